The van der Waals surface area contributed by atoms with E-state index in [4.69, 9.17) is 4.74 Å². The molecule has 0 spiro atoms. The molecule has 0 atom stereocenters. The Bertz CT molecular complexity index is 693. The standard InChI is InChI=1S/C15H16N4O3/c20-14-12(2-1-6-17-14)15(21)19-8-4-11(5-9-19)22-13-3-7-16-10-18-13/h1-3,6-7,10-11H,4-5,8-9H2,(H,17,20). The SMILES string of the molecule is O=C(c1ccc[nH]c1=O)N1CCC(Oc2ccncn2)CC1. The van der Waals surface area contributed by atoms with Gasteiger partial charge in [0.2, 0.25) is 5.88 Å². The van der Waals surface area contributed by atoms with Crippen molar-refractivity contribution in [1.82, 2.24) is 19.9 Å². The van der Waals surface area contributed by atoms with Crippen molar-refractivity contribution in [1.29, 1.82) is 0 Å². The van der Waals surface area contributed by atoms with Crippen molar-refractivity contribution in [3.63, 3.8) is 0 Å². The minimum atomic E-state index is -0.355. The number of pyridine rings is 1. The summed E-state index contributed by atoms with van der Waals surface area (Å²) in [6.07, 6.45) is 6.02. The summed E-state index contributed by atoms with van der Waals surface area (Å²) in [6, 6.07) is 4.91. The van der Waals surface area contributed by atoms with Gasteiger partial charge in [0, 0.05) is 44.4 Å². The summed E-state index contributed by atoms with van der Waals surface area (Å²) in [5.41, 5.74) is -0.176. The first-order valence-electron chi connectivity index (χ1n) is 7.13. The number of carbonyl (C=O) groups excluding carboxylic acids is 1. The van der Waals surface area contributed by atoms with Gasteiger partial charge in [0.15, 0.2) is 0 Å². The van der Waals surface area contributed by atoms with Crippen LogP contribution in [0.25, 0.3) is 0 Å². The zero-order valence-corrected chi connectivity index (χ0v) is 11.9. The third kappa shape index (κ3) is 3.13. The lowest BCUT2D eigenvalue weighted by Crippen LogP contribution is -2.43. The molecule has 1 aliphatic rings. The van der Waals surface area contributed by atoms with E-state index in [1.807, 2.05) is 0 Å². The second-order valence-electron chi connectivity index (χ2n) is 5.07. The Hall–Kier alpha value is -2.70. The summed E-state index contributed by atoms with van der Waals surface area (Å²) in [5, 5.41) is 0. The minimum Gasteiger partial charge on any atom is -0.474 e. The van der Waals surface area contributed by atoms with E-state index in [9.17, 15) is 9.59 Å². The van der Waals surface area contributed by atoms with E-state index in [1.54, 1.807) is 29.3 Å². The Balaban J connectivity index is 1.59. The number of likely N-dealkylation sites (tertiary alicyclic amines) is 1. The fraction of sp³-hybridized carbons (Fsp3) is 0.333. The van der Waals surface area contributed by atoms with Crippen molar-refractivity contribution in [2.45, 2.75) is 18.9 Å². The molecule has 2 aromatic rings. The lowest BCUT2D eigenvalue weighted by Gasteiger charge is -2.31. The van der Waals surface area contributed by atoms with Gasteiger partial charge in [0.05, 0.1) is 0 Å². The van der Waals surface area contributed by atoms with Crippen LogP contribution in [0, 0.1) is 0 Å². The molecule has 0 aromatic carbocycles. The lowest BCUT2D eigenvalue weighted by atomic mass is 10.1. The summed E-state index contributed by atoms with van der Waals surface area (Å²) in [5.74, 6) is 0.307. The molecular formula is C15H16N4O3. The predicted molar refractivity (Wildman–Crippen MR) is 78.6 cm³/mol. The second kappa shape index (κ2) is 6.38. The number of piperidine rings is 1. The summed E-state index contributed by atoms with van der Waals surface area (Å²) in [4.78, 5) is 36.1. The van der Waals surface area contributed by atoms with Gasteiger partial charge < -0.3 is 14.6 Å². The summed E-state index contributed by atoms with van der Waals surface area (Å²) >= 11 is 0. The van der Waals surface area contributed by atoms with E-state index < -0.39 is 0 Å². The molecule has 1 saturated heterocycles. The largest absolute Gasteiger partial charge is 0.474 e. The predicted octanol–water partition coefficient (Wildman–Crippen LogP) is 0.849. The highest BCUT2D eigenvalue weighted by Crippen LogP contribution is 2.17. The number of nitrogens with one attached hydrogen (secondary N) is 1. The molecule has 3 rings (SSSR count). The average Bonchev–Trinajstić information content (AvgIpc) is 2.56. The number of ether oxygens (including phenoxy) is 1. The van der Waals surface area contributed by atoms with Gasteiger partial charge in [-0.15, -0.1) is 0 Å². The van der Waals surface area contributed by atoms with E-state index in [0.717, 1.165) is 0 Å². The van der Waals surface area contributed by atoms with Gasteiger partial charge in [0.25, 0.3) is 11.5 Å². The average molecular weight is 300 g/mol. The number of carbonyl (C=O) groups is 1. The number of hydrogen-bond acceptors (Lipinski definition) is 5. The Kier molecular flexibility index (Phi) is 4.13. The summed E-state index contributed by atoms with van der Waals surface area (Å²) in [7, 11) is 0. The molecule has 1 aliphatic heterocycles. The molecular weight excluding hydrogens is 284 g/mol. The molecule has 1 amide bonds. The number of amides is 1. The van der Waals surface area contributed by atoms with Crippen LogP contribution in [0.4, 0.5) is 0 Å². The van der Waals surface area contributed by atoms with Crippen LogP contribution in [0.1, 0.15) is 23.2 Å². The molecule has 0 saturated carbocycles. The van der Waals surface area contributed by atoms with Crippen molar-refractivity contribution < 1.29 is 9.53 Å². The third-order valence-corrected chi connectivity index (χ3v) is 3.62. The van der Waals surface area contributed by atoms with Crippen LogP contribution in [0.3, 0.4) is 0 Å². The van der Waals surface area contributed by atoms with Crippen molar-refractivity contribution in [2.75, 3.05) is 13.1 Å². The van der Waals surface area contributed by atoms with E-state index >= 15 is 0 Å². The Labute approximate surface area is 127 Å². The number of aromatic amines is 1. The molecule has 1 N–H and O–H groups in total. The smallest absolute Gasteiger partial charge is 0.260 e. The molecule has 22 heavy (non-hydrogen) atoms. The molecule has 0 aliphatic carbocycles. The molecule has 0 unspecified atom stereocenters. The van der Waals surface area contributed by atoms with Crippen molar-refractivity contribution >= 4 is 5.91 Å². The highest BCUT2D eigenvalue weighted by atomic mass is 16.5. The molecule has 3 heterocycles. The molecule has 114 valence electrons. The van der Waals surface area contributed by atoms with E-state index in [2.05, 4.69) is 15.0 Å². The lowest BCUT2D eigenvalue weighted by molar-refractivity contribution is 0.0586. The zero-order valence-electron chi connectivity index (χ0n) is 11.9. The zero-order chi connectivity index (χ0) is 15.4. The second-order valence-corrected chi connectivity index (χ2v) is 5.07. The number of rotatable bonds is 3. The van der Waals surface area contributed by atoms with Gasteiger partial charge in [0.1, 0.15) is 18.0 Å². The van der Waals surface area contributed by atoms with Crippen LogP contribution in [0.15, 0.2) is 41.7 Å². The Morgan fingerprint density at radius 1 is 1.32 bits per heavy atom. The highest BCUT2D eigenvalue weighted by Gasteiger charge is 2.26. The van der Waals surface area contributed by atoms with E-state index in [-0.39, 0.29) is 23.1 Å². The molecule has 0 radical (unpaired) electrons. The van der Waals surface area contributed by atoms with Crippen molar-refractivity contribution in [3.05, 3.63) is 52.8 Å². The molecule has 1 fully saturated rings. The van der Waals surface area contributed by atoms with Gasteiger partial charge in [-0.2, -0.15) is 0 Å². The Morgan fingerprint density at radius 2 is 2.14 bits per heavy atom. The Morgan fingerprint density at radius 3 is 2.82 bits per heavy atom. The molecule has 0 bridgehead atoms. The van der Waals surface area contributed by atoms with Crippen LogP contribution in [0.2, 0.25) is 0 Å². The fourth-order valence-corrected chi connectivity index (χ4v) is 2.46. The normalized spacial score (nSPS) is 15.5. The number of hydrogen-bond donors (Lipinski definition) is 1. The van der Waals surface area contributed by atoms with Gasteiger partial charge in [-0.3, -0.25) is 9.59 Å². The summed E-state index contributed by atoms with van der Waals surface area (Å²) in [6.45, 7) is 1.12. The molecule has 7 nitrogen and oxygen atoms in total. The van der Waals surface area contributed by atoms with Gasteiger partial charge in [-0.05, 0) is 12.1 Å². The quantitative estimate of drug-likeness (QED) is 0.908. The maximum absolute atomic E-state index is 12.3. The first kappa shape index (κ1) is 14.2. The number of H-pyrrole nitrogens is 1. The number of nitrogens with zero attached hydrogens (tertiary/aromatic N) is 3. The highest BCUT2D eigenvalue weighted by molar-refractivity contribution is 5.93. The van der Waals surface area contributed by atoms with Crippen LogP contribution in [0.5, 0.6) is 5.88 Å². The van der Waals surface area contributed by atoms with Crippen molar-refractivity contribution in [3.8, 4) is 5.88 Å². The first-order chi connectivity index (χ1) is 10.7. The van der Waals surface area contributed by atoms with E-state index in [1.165, 1.54) is 12.5 Å². The van der Waals surface area contributed by atoms with Crippen LogP contribution in [-0.2, 0) is 0 Å². The number of aromatic nitrogens is 3. The third-order valence-electron chi connectivity index (χ3n) is 3.62. The van der Waals surface area contributed by atoms with E-state index in [0.29, 0.717) is 31.8 Å². The van der Waals surface area contributed by atoms with Crippen LogP contribution >= 0.6 is 0 Å². The van der Waals surface area contributed by atoms with Crippen LogP contribution in [-0.4, -0.2) is 45.0 Å². The maximum Gasteiger partial charge on any atom is 0.260 e. The first-order valence-corrected chi connectivity index (χ1v) is 7.13. The van der Waals surface area contributed by atoms with Gasteiger partial charge in [-0.25, -0.2) is 9.97 Å². The maximum atomic E-state index is 12.3. The topological polar surface area (TPSA) is 88.2 Å². The molecule has 7 heteroatoms. The monoisotopic (exact) mass is 300 g/mol. The molecule has 2 aromatic heterocycles. The van der Waals surface area contributed by atoms with Gasteiger partial charge >= 0.3 is 0 Å². The fourth-order valence-electron chi connectivity index (χ4n) is 2.46. The van der Waals surface area contributed by atoms with Gasteiger partial charge in [-0.1, -0.05) is 0 Å². The summed E-state index contributed by atoms with van der Waals surface area (Å²) < 4.78 is 5.76. The van der Waals surface area contributed by atoms with Crippen LogP contribution < -0.4 is 10.3 Å². The van der Waals surface area contributed by atoms with Crippen molar-refractivity contribution in [2.24, 2.45) is 0 Å². The minimum absolute atomic E-state index is 0.0213.